The number of ether oxygens (including phenoxy) is 2. The third-order valence-electron chi connectivity index (χ3n) is 3.00. The molecule has 2 N–H and O–H groups in total. The number of hydrogen-bond donors (Lipinski definition) is 2. The second-order valence-electron chi connectivity index (χ2n) is 4.68. The van der Waals surface area contributed by atoms with Crippen LogP contribution in [0.4, 0.5) is 5.69 Å². The number of anilines is 1. The van der Waals surface area contributed by atoms with Crippen LogP contribution in [0, 0.1) is 0 Å². The molecule has 23 heavy (non-hydrogen) atoms. The number of methoxy groups -OCH3 is 2. The van der Waals surface area contributed by atoms with Gasteiger partial charge in [-0.05, 0) is 35.4 Å². The van der Waals surface area contributed by atoms with E-state index in [1.165, 1.54) is 0 Å². The van der Waals surface area contributed by atoms with E-state index in [-0.39, 0.29) is 5.69 Å². The van der Waals surface area contributed by atoms with Crippen molar-refractivity contribution in [3.63, 3.8) is 0 Å². The van der Waals surface area contributed by atoms with E-state index in [9.17, 15) is 8.42 Å². The van der Waals surface area contributed by atoms with Gasteiger partial charge in [0.25, 0.3) is 0 Å². The highest BCUT2D eigenvalue weighted by Gasteiger charge is 2.03. The van der Waals surface area contributed by atoms with Crippen molar-refractivity contribution in [2.45, 2.75) is 0 Å². The standard InChI is InChI=1S/C16H17NO5S/c1-21-15-9-13(10-16(11-15)22-2)4-3-12-5-7-14(8-6-12)17-23(18,19)20/h3-11,17H,1-2H3,(H,18,19,20)/b4-3+. The fourth-order valence-corrected chi connectivity index (χ4v) is 2.36. The fraction of sp³-hybridized carbons (Fsp3) is 0.125. The third-order valence-corrected chi connectivity index (χ3v) is 3.49. The lowest BCUT2D eigenvalue weighted by molar-refractivity contribution is 0.394. The average Bonchev–Trinajstić information content (AvgIpc) is 2.52. The highest BCUT2D eigenvalue weighted by atomic mass is 32.2. The number of benzene rings is 2. The quantitative estimate of drug-likeness (QED) is 0.626. The maximum absolute atomic E-state index is 10.7. The first kappa shape index (κ1) is 16.9. The summed E-state index contributed by atoms with van der Waals surface area (Å²) in [6, 6.07) is 12.1. The molecule has 0 bridgehead atoms. The van der Waals surface area contributed by atoms with Crippen molar-refractivity contribution in [2.24, 2.45) is 0 Å². The molecule has 2 aromatic rings. The zero-order chi connectivity index (χ0) is 16.9. The van der Waals surface area contributed by atoms with Crippen molar-refractivity contribution >= 4 is 28.1 Å². The monoisotopic (exact) mass is 335 g/mol. The molecule has 0 atom stereocenters. The summed E-state index contributed by atoms with van der Waals surface area (Å²) in [5, 5.41) is 0. The largest absolute Gasteiger partial charge is 0.497 e. The zero-order valence-corrected chi connectivity index (χ0v) is 13.5. The van der Waals surface area contributed by atoms with Crippen molar-refractivity contribution in [1.29, 1.82) is 0 Å². The number of rotatable bonds is 6. The van der Waals surface area contributed by atoms with Crippen LogP contribution in [0.3, 0.4) is 0 Å². The lowest BCUT2D eigenvalue weighted by atomic mass is 10.1. The molecule has 0 radical (unpaired) electrons. The van der Waals surface area contributed by atoms with Gasteiger partial charge in [0, 0.05) is 6.07 Å². The van der Waals surface area contributed by atoms with Crippen LogP contribution in [0.15, 0.2) is 42.5 Å². The lowest BCUT2D eigenvalue weighted by Gasteiger charge is -2.06. The highest BCUT2D eigenvalue weighted by Crippen LogP contribution is 2.24. The van der Waals surface area contributed by atoms with Crippen LogP contribution in [0.2, 0.25) is 0 Å². The molecule has 0 fully saturated rings. The summed E-state index contributed by atoms with van der Waals surface area (Å²) in [6.07, 6.45) is 3.75. The molecule has 7 heteroatoms. The van der Waals surface area contributed by atoms with Crippen molar-refractivity contribution < 1.29 is 22.4 Å². The van der Waals surface area contributed by atoms with E-state index in [4.69, 9.17) is 14.0 Å². The summed E-state index contributed by atoms with van der Waals surface area (Å²) < 4.78 is 42.6. The van der Waals surface area contributed by atoms with Crippen LogP contribution < -0.4 is 14.2 Å². The van der Waals surface area contributed by atoms with E-state index in [0.29, 0.717) is 11.5 Å². The van der Waals surface area contributed by atoms with Gasteiger partial charge in [-0.25, -0.2) is 0 Å². The molecule has 0 heterocycles. The fourth-order valence-electron chi connectivity index (χ4n) is 1.93. The van der Waals surface area contributed by atoms with Gasteiger partial charge in [0.2, 0.25) is 0 Å². The smallest absolute Gasteiger partial charge is 0.357 e. The van der Waals surface area contributed by atoms with Gasteiger partial charge in [0.15, 0.2) is 0 Å². The van der Waals surface area contributed by atoms with Gasteiger partial charge in [-0.15, -0.1) is 0 Å². The lowest BCUT2D eigenvalue weighted by Crippen LogP contribution is -2.09. The Kier molecular flexibility index (Phi) is 5.25. The molecule has 0 saturated heterocycles. The molecular weight excluding hydrogens is 318 g/mol. The van der Waals surface area contributed by atoms with Crippen molar-refractivity contribution in [3.05, 3.63) is 53.6 Å². The Labute approximate surface area is 135 Å². The molecular formula is C16H17NO5S. The molecule has 2 rings (SSSR count). The van der Waals surface area contributed by atoms with Crippen LogP contribution in [0.5, 0.6) is 11.5 Å². The van der Waals surface area contributed by atoms with E-state index in [1.807, 2.05) is 29.0 Å². The minimum Gasteiger partial charge on any atom is -0.497 e. The van der Waals surface area contributed by atoms with Gasteiger partial charge >= 0.3 is 10.3 Å². The molecule has 0 aliphatic heterocycles. The predicted molar refractivity (Wildman–Crippen MR) is 90.1 cm³/mol. The Hall–Kier alpha value is -2.51. The maximum Gasteiger partial charge on any atom is 0.357 e. The second kappa shape index (κ2) is 7.17. The van der Waals surface area contributed by atoms with Crippen LogP contribution in [0.25, 0.3) is 12.2 Å². The summed E-state index contributed by atoms with van der Waals surface area (Å²) in [6.45, 7) is 0. The van der Waals surface area contributed by atoms with Crippen LogP contribution in [0.1, 0.15) is 11.1 Å². The summed E-state index contributed by atoms with van der Waals surface area (Å²) in [5.74, 6) is 1.38. The van der Waals surface area contributed by atoms with Gasteiger partial charge in [0.1, 0.15) is 11.5 Å². The van der Waals surface area contributed by atoms with Gasteiger partial charge in [-0.3, -0.25) is 9.27 Å². The van der Waals surface area contributed by atoms with Gasteiger partial charge in [-0.1, -0.05) is 24.3 Å². The predicted octanol–water partition coefficient (Wildman–Crippen LogP) is 3.09. The van der Waals surface area contributed by atoms with E-state index in [1.54, 1.807) is 44.6 Å². The van der Waals surface area contributed by atoms with Gasteiger partial charge < -0.3 is 9.47 Å². The normalized spacial score (nSPS) is 11.4. The summed E-state index contributed by atoms with van der Waals surface area (Å²) in [7, 11) is -1.08. The van der Waals surface area contributed by atoms with Crippen LogP contribution in [-0.2, 0) is 10.3 Å². The molecule has 0 spiro atoms. The average molecular weight is 335 g/mol. The Morgan fingerprint density at radius 3 is 1.91 bits per heavy atom. The Bertz CT molecular complexity index is 775. The molecule has 0 aliphatic carbocycles. The molecule has 0 aliphatic rings. The van der Waals surface area contributed by atoms with Crippen LogP contribution in [-0.4, -0.2) is 27.2 Å². The first-order valence-electron chi connectivity index (χ1n) is 6.66. The van der Waals surface area contributed by atoms with Gasteiger partial charge in [-0.2, -0.15) is 8.42 Å². The van der Waals surface area contributed by atoms with E-state index in [2.05, 4.69) is 0 Å². The van der Waals surface area contributed by atoms with E-state index >= 15 is 0 Å². The first-order valence-corrected chi connectivity index (χ1v) is 8.10. The Balaban J connectivity index is 2.17. The summed E-state index contributed by atoms with van der Waals surface area (Å²) in [5.41, 5.74) is 2.06. The van der Waals surface area contributed by atoms with Crippen molar-refractivity contribution in [3.8, 4) is 11.5 Å². The number of nitrogens with one attached hydrogen (secondary N) is 1. The summed E-state index contributed by atoms with van der Waals surface area (Å²) >= 11 is 0. The molecule has 0 unspecified atom stereocenters. The zero-order valence-electron chi connectivity index (χ0n) is 12.7. The number of hydrogen-bond acceptors (Lipinski definition) is 4. The summed E-state index contributed by atoms with van der Waals surface area (Å²) in [4.78, 5) is 0. The molecule has 122 valence electrons. The molecule has 0 aromatic heterocycles. The molecule has 0 amide bonds. The molecule has 6 nitrogen and oxygen atoms in total. The third kappa shape index (κ3) is 5.32. The van der Waals surface area contributed by atoms with Crippen molar-refractivity contribution in [2.75, 3.05) is 18.9 Å². The minimum absolute atomic E-state index is 0.285. The maximum atomic E-state index is 10.7. The SMILES string of the molecule is COc1cc(/C=C/c2ccc(NS(=O)(=O)O)cc2)cc(OC)c1. The van der Waals surface area contributed by atoms with E-state index in [0.717, 1.165) is 11.1 Å². The first-order chi connectivity index (χ1) is 10.9. The van der Waals surface area contributed by atoms with Gasteiger partial charge in [0.05, 0.1) is 19.9 Å². The van der Waals surface area contributed by atoms with Crippen molar-refractivity contribution in [1.82, 2.24) is 0 Å². The highest BCUT2D eigenvalue weighted by molar-refractivity contribution is 7.87. The Morgan fingerprint density at radius 2 is 1.43 bits per heavy atom. The molecule has 2 aromatic carbocycles. The topological polar surface area (TPSA) is 84.9 Å². The molecule has 0 saturated carbocycles. The minimum atomic E-state index is -4.26. The Morgan fingerprint density at radius 1 is 0.913 bits per heavy atom. The van der Waals surface area contributed by atoms with Crippen LogP contribution >= 0.6 is 0 Å². The second-order valence-corrected chi connectivity index (χ2v) is 5.83. The van der Waals surface area contributed by atoms with E-state index < -0.39 is 10.3 Å².